The fraction of sp³-hybridized carbons (Fsp3) is 0.346. The minimum absolute atomic E-state index is 0.114. The topological polar surface area (TPSA) is 117 Å². The molecule has 0 atom stereocenters. The molecule has 0 unspecified atom stereocenters. The van der Waals surface area contributed by atoms with Crippen molar-refractivity contribution in [1.29, 1.82) is 0 Å². The molecule has 2 saturated heterocycles. The summed E-state index contributed by atoms with van der Waals surface area (Å²) in [5.74, 6) is 0.592. The number of nitrogens with zero attached hydrogens (tertiary/aromatic N) is 8. The molecule has 0 aliphatic carbocycles. The number of aromatic nitrogens is 5. The summed E-state index contributed by atoms with van der Waals surface area (Å²) in [7, 11) is -3.50. The molecule has 0 N–H and O–H groups in total. The van der Waals surface area contributed by atoms with Crippen LogP contribution in [0.5, 0.6) is 0 Å². The van der Waals surface area contributed by atoms with E-state index in [1.165, 1.54) is 22.8 Å². The van der Waals surface area contributed by atoms with Crippen LogP contribution in [0.25, 0.3) is 11.2 Å². The minimum atomic E-state index is -3.50. The summed E-state index contributed by atoms with van der Waals surface area (Å²) in [5.41, 5.74) is 2.89. The summed E-state index contributed by atoms with van der Waals surface area (Å²) in [6.45, 7) is 3.86. The zero-order valence-electron chi connectivity index (χ0n) is 20.8. The monoisotopic (exact) mass is 532 g/mol. The van der Waals surface area contributed by atoms with Crippen LogP contribution in [-0.4, -0.2) is 87.8 Å². The third-order valence-electron chi connectivity index (χ3n) is 7.13. The third kappa shape index (κ3) is 4.61. The Balaban J connectivity index is 1.12. The number of hydrogen-bond donors (Lipinski definition) is 0. The average molecular weight is 533 g/mol. The zero-order valence-corrected chi connectivity index (χ0v) is 21.7. The van der Waals surface area contributed by atoms with Gasteiger partial charge in [0, 0.05) is 44.8 Å². The molecule has 0 saturated carbocycles. The number of amides is 1. The van der Waals surface area contributed by atoms with Crippen LogP contribution in [0.3, 0.4) is 0 Å². The van der Waals surface area contributed by atoms with E-state index in [9.17, 15) is 13.2 Å². The van der Waals surface area contributed by atoms with Crippen LogP contribution in [0.1, 0.15) is 28.8 Å². The molecule has 1 amide bonds. The highest BCUT2D eigenvalue weighted by Gasteiger charge is 2.28. The van der Waals surface area contributed by atoms with Gasteiger partial charge in [-0.2, -0.15) is 4.31 Å². The Bertz CT molecular complexity index is 1540. The summed E-state index contributed by atoms with van der Waals surface area (Å²) >= 11 is 0. The predicted octanol–water partition coefficient (Wildman–Crippen LogP) is 2.02. The number of rotatable bonds is 6. The number of carbonyl (C=O) groups excluding carboxylic acids is 1. The van der Waals surface area contributed by atoms with Gasteiger partial charge in [0.1, 0.15) is 6.33 Å². The summed E-state index contributed by atoms with van der Waals surface area (Å²) in [6.07, 6.45) is 3.29. The SMILES string of the molecule is O=C(c1ccc(S(=O)(=O)N2CCCC2)cc1)N1CCN(c2ncnc3c2nnn3Cc2ccccc2)CC1. The van der Waals surface area contributed by atoms with Gasteiger partial charge < -0.3 is 9.80 Å². The number of benzene rings is 2. The van der Waals surface area contributed by atoms with Crippen LogP contribution < -0.4 is 4.90 Å². The number of anilines is 1. The largest absolute Gasteiger partial charge is 0.351 e. The first-order valence-electron chi connectivity index (χ1n) is 12.7. The Hall–Kier alpha value is -3.90. The van der Waals surface area contributed by atoms with Crippen LogP contribution in [0.4, 0.5) is 5.82 Å². The van der Waals surface area contributed by atoms with E-state index in [-0.39, 0.29) is 10.8 Å². The first kappa shape index (κ1) is 24.4. The number of carbonyl (C=O) groups is 1. The second-order valence-electron chi connectivity index (χ2n) is 9.52. The molecule has 0 spiro atoms. The smallest absolute Gasteiger partial charge is 0.253 e. The maximum atomic E-state index is 13.1. The normalized spacial score (nSPS) is 16.8. The second kappa shape index (κ2) is 10.1. The van der Waals surface area contributed by atoms with Crippen molar-refractivity contribution in [1.82, 2.24) is 34.2 Å². The van der Waals surface area contributed by atoms with E-state index in [2.05, 4.69) is 25.2 Å². The van der Waals surface area contributed by atoms with Crippen molar-refractivity contribution >= 4 is 32.9 Å². The van der Waals surface area contributed by atoms with Crippen LogP contribution in [0.15, 0.2) is 65.8 Å². The molecule has 6 rings (SSSR count). The molecule has 38 heavy (non-hydrogen) atoms. The van der Waals surface area contributed by atoms with Crippen molar-refractivity contribution in [3.8, 4) is 0 Å². The van der Waals surface area contributed by atoms with E-state index in [1.807, 2.05) is 30.3 Å². The lowest BCUT2D eigenvalue weighted by Gasteiger charge is -2.35. The van der Waals surface area contributed by atoms with Crippen molar-refractivity contribution < 1.29 is 13.2 Å². The molecular formula is C26H28N8O3S. The number of fused-ring (bicyclic) bond motifs is 1. The fourth-order valence-electron chi connectivity index (χ4n) is 5.03. The van der Waals surface area contributed by atoms with Crippen molar-refractivity contribution in [2.24, 2.45) is 0 Å². The summed E-state index contributed by atoms with van der Waals surface area (Å²) in [6, 6.07) is 16.3. The molecule has 2 aliphatic rings. The van der Waals surface area contributed by atoms with E-state index < -0.39 is 10.0 Å². The lowest BCUT2D eigenvalue weighted by molar-refractivity contribution is 0.0746. The highest BCUT2D eigenvalue weighted by Crippen LogP contribution is 2.24. The van der Waals surface area contributed by atoms with E-state index in [0.29, 0.717) is 68.4 Å². The molecule has 4 heterocycles. The van der Waals surface area contributed by atoms with E-state index in [4.69, 9.17) is 0 Å². The van der Waals surface area contributed by atoms with Gasteiger partial charge in [-0.25, -0.2) is 23.1 Å². The summed E-state index contributed by atoms with van der Waals surface area (Å²) in [5, 5.41) is 8.67. The quantitative estimate of drug-likeness (QED) is 0.370. The van der Waals surface area contributed by atoms with Crippen LogP contribution in [-0.2, 0) is 16.6 Å². The van der Waals surface area contributed by atoms with E-state index in [0.717, 1.165) is 18.4 Å². The van der Waals surface area contributed by atoms with Crippen LogP contribution in [0, 0.1) is 0 Å². The molecule has 12 heteroatoms. The van der Waals surface area contributed by atoms with Gasteiger partial charge in [-0.1, -0.05) is 35.5 Å². The number of hydrogen-bond acceptors (Lipinski definition) is 8. The molecule has 196 valence electrons. The van der Waals surface area contributed by atoms with Gasteiger partial charge in [0.2, 0.25) is 10.0 Å². The van der Waals surface area contributed by atoms with Crippen LogP contribution >= 0.6 is 0 Å². The van der Waals surface area contributed by atoms with Gasteiger partial charge >= 0.3 is 0 Å². The van der Waals surface area contributed by atoms with E-state index >= 15 is 0 Å². The van der Waals surface area contributed by atoms with Crippen LogP contribution in [0.2, 0.25) is 0 Å². The summed E-state index contributed by atoms with van der Waals surface area (Å²) in [4.78, 5) is 26.2. The van der Waals surface area contributed by atoms with Gasteiger partial charge in [0.15, 0.2) is 17.0 Å². The lowest BCUT2D eigenvalue weighted by Crippen LogP contribution is -2.49. The maximum Gasteiger partial charge on any atom is 0.253 e. The molecule has 0 radical (unpaired) electrons. The highest BCUT2D eigenvalue weighted by atomic mass is 32.2. The average Bonchev–Trinajstić information content (AvgIpc) is 3.65. The first-order valence-corrected chi connectivity index (χ1v) is 14.2. The number of piperazine rings is 1. The fourth-order valence-corrected chi connectivity index (χ4v) is 6.54. The highest BCUT2D eigenvalue weighted by molar-refractivity contribution is 7.89. The Labute approximate surface area is 220 Å². The molecule has 11 nitrogen and oxygen atoms in total. The van der Waals surface area contributed by atoms with Gasteiger partial charge in [-0.15, -0.1) is 5.10 Å². The van der Waals surface area contributed by atoms with Crippen molar-refractivity contribution in [2.45, 2.75) is 24.3 Å². The molecule has 2 fully saturated rings. The maximum absolute atomic E-state index is 13.1. The zero-order chi connectivity index (χ0) is 26.1. The van der Waals surface area contributed by atoms with Gasteiger partial charge in [0.25, 0.3) is 5.91 Å². The van der Waals surface area contributed by atoms with Crippen molar-refractivity contribution in [3.05, 3.63) is 72.1 Å². The van der Waals surface area contributed by atoms with Gasteiger partial charge in [0.05, 0.1) is 11.4 Å². The van der Waals surface area contributed by atoms with E-state index in [1.54, 1.807) is 21.7 Å². The molecule has 2 aromatic heterocycles. The molecule has 2 aliphatic heterocycles. The Morgan fingerprint density at radius 1 is 0.842 bits per heavy atom. The summed E-state index contributed by atoms with van der Waals surface area (Å²) < 4.78 is 28.8. The lowest BCUT2D eigenvalue weighted by atomic mass is 10.2. The van der Waals surface area contributed by atoms with Crippen molar-refractivity contribution in [3.63, 3.8) is 0 Å². The Kier molecular flexibility index (Phi) is 6.50. The predicted molar refractivity (Wildman–Crippen MR) is 141 cm³/mol. The minimum Gasteiger partial charge on any atom is -0.351 e. The molecular weight excluding hydrogens is 504 g/mol. The second-order valence-corrected chi connectivity index (χ2v) is 11.5. The molecule has 0 bridgehead atoms. The third-order valence-corrected chi connectivity index (χ3v) is 9.04. The first-order chi connectivity index (χ1) is 18.5. The van der Waals surface area contributed by atoms with Gasteiger partial charge in [-0.05, 0) is 42.7 Å². The number of sulfonamides is 1. The molecule has 2 aromatic carbocycles. The van der Waals surface area contributed by atoms with Crippen molar-refractivity contribution in [2.75, 3.05) is 44.2 Å². The Morgan fingerprint density at radius 3 is 2.26 bits per heavy atom. The van der Waals surface area contributed by atoms with Gasteiger partial charge in [-0.3, -0.25) is 4.79 Å². The Morgan fingerprint density at radius 2 is 1.55 bits per heavy atom. The molecule has 4 aromatic rings. The standard InChI is InChI=1S/C26H28N8O3S/c35-26(21-8-10-22(11-9-21)38(36,37)33-12-4-5-13-33)32-16-14-31(15-17-32)24-23-25(28-19-27-24)34(30-29-23)18-20-6-2-1-3-7-20/h1-3,6-11,19H,4-5,12-18H2.